The monoisotopic (exact) mass is 494 g/mol. The van der Waals surface area contributed by atoms with Crippen molar-refractivity contribution < 1.29 is 14.3 Å². The lowest BCUT2D eigenvalue weighted by Gasteiger charge is -2.09. The minimum atomic E-state index is -0.242. The molecule has 7 nitrogen and oxygen atoms in total. The number of hydrazone groups is 1. The number of rotatable bonds is 10. The van der Waals surface area contributed by atoms with Crippen LogP contribution in [0.3, 0.4) is 0 Å². The van der Waals surface area contributed by atoms with Crippen molar-refractivity contribution in [3.05, 3.63) is 58.6 Å². The van der Waals surface area contributed by atoms with E-state index in [0.29, 0.717) is 22.1 Å². The molecule has 0 aliphatic rings. The Kier molecular flexibility index (Phi) is 9.01. The second kappa shape index (κ2) is 11.9. The van der Waals surface area contributed by atoms with Crippen molar-refractivity contribution >= 4 is 58.6 Å². The van der Waals surface area contributed by atoms with Crippen molar-refractivity contribution in [3.8, 4) is 11.5 Å². The lowest BCUT2D eigenvalue weighted by atomic mass is 10.2. The number of methoxy groups -OCH3 is 2. The van der Waals surface area contributed by atoms with Gasteiger partial charge in [0.05, 0.1) is 26.2 Å². The van der Waals surface area contributed by atoms with E-state index in [1.54, 1.807) is 32.0 Å². The van der Waals surface area contributed by atoms with Gasteiger partial charge < -0.3 is 9.47 Å². The highest BCUT2D eigenvalue weighted by Crippen LogP contribution is 2.31. The topological polar surface area (TPSA) is 85.7 Å². The predicted molar refractivity (Wildman–Crippen MR) is 127 cm³/mol. The molecule has 1 aromatic heterocycles. The lowest BCUT2D eigenvalue weighted by Crippen LogP contribution is -2.19. The van der Waals surface area contributed by atoms with Crippen LogP contribution < -0.4 is 14.9 Å². The molecule has 0 bridgehead atoms. The van der Waals surface area contributed by atoms with Crippen molar-refractivity contribution in [1.29, 1.82) is 0 Å². The van der Waals surface area contributed by atoms with Crippen LogP contribution >= 0.6 is 46.5 Å². The molecule has 0 fully saturated rings. The lowest BCUT2D eigenvalue weighted by molar-refractivity contribution is -0.118. The maximum absolute atomic E-state index is 12.1. The van der Waals surface area contributed by atoms with Crippen molar-refractivity contribution in [1.82, 2.24) is 15.6 Å². The summed E-state index contributed by atoms with van der Waals surface area (Å²) in [5.74, 6) is 1.86. The molecule has 3 rings (SSSR count). The van der Waals surface area contributed by atoms with Gasteiger partial charge in [0.1, 0.15) is 0 Å². The summed E-state index contributed by atoms with van der Waals surface area (Å²) in [6.07, 6.45) is 1.51. The summed E-state index contributed by atoms with van der Waals surface area (Å²) in [6.45, 7) is 0. The molecule has 2 aromatic carbocycles. The Morgan fingerprint density at radius 2 is 1.87 bits per heavy atom. The first kappa shape index (κ1) is 23.4. The molecule has 3 aromatic rings. The van der Waals surface area contributed by atoms with Gasteiger partial charge >= 0.3 is 0 Å². The van der Waals surface area contributed by atoms with E-state index in [1.807, 2.05) is 36.4 Å². The molecule has 11 heteroatoms. The number of para-hydroxylation sites is 1. The van der Waals surface area contributed by atoms with Gasteiger partial charge in [-0.25, -0.2) is 5.43 Å². The summed E-state index contributed by atoms with van der Waals surface area (Å²) in [4.78, 5) is 12.1. The summed E-state index contributed by atoms with van der Waals surface area (Å²) in [7, 11) is 3.11. The molecule has 0 spiro atoms. The highest BCUT2D eigenvalue weighted by atomic mass is 35.5. The van der Waals surface area contributed by atoms with Gasteiger partial charge in [-0.2, -0.15) is 5.10 Å². The first-order chi connectivity index (χ1) is 15.1. The Morgan fingerprint density at radius 3 is 2.58 bits per heavy atom. The van der Waals surface area contributed by atoms with Crippen LogP contribution in [0, 0.1) is 0 Å². The van der Waals surface area contributed by atoms with Crippen LogP contribution in [0.25, 0.3) is 0 Å². The van der Waals surface area contributed by atoms with Gasteiger partial charge in [0, 0.05) is 16.3 Å². The molecule has 0 radical (unpaired) electrons. The molecule has 0 saturated heterocycles. The molecule has 0 aliphatic heterocycles. The number of nitrogens with one attached hydrogen (secondary N) is 1. The van der Waals surface area contributed by atoms with Crippen LogP contribution in [-0.2, 0) is 10.5 Å². The maximum atomic E-state index is 12.1. The van der Waals surface area contributed by atoms with E-state index in [4.69, 9.17) is 21.1 Å². The number of halogens is 1. The fourth-order valence-corrected chi connectivity index (χ4v) is 5.28. The van der Waals surface area contributed by atoms with E-state index in [1.165, 1.54) is 29.3 Å². The van der Waals surface area contributed by atoms with Crippen molar-refractivity contribution in [2.45, 2.75) is 14.4 Å². The van der Waals surface area contributed by atoms with E-state index >= 15 is 0 Å². The smallest absolute Gasteiger partial charge is 0.250 e. The molecular formula is C20H19ClN4O3S3. The number of aromatic nitrogens is 2. The normalized spacial score (nSPS) is 10.9. The van der Waals surface area contributed by atoms with Crippen LogP contribution in [0.15, 0.2) is 56.2 Å². The van der Waals surface area contributed by atoms with E-state index in [9.17, 15) is 4.79 Å². The molecule has 1 N–H and O–H groups in total. The zero-order chi connectivity index (χ0) is 22.1. The average Bonchev–Trinajstić information content (AvgIpc) is 3.25. The van der Waals surface area contributed by atoms with Crippen molar-refractivity contribution in [3.63, 3.8) is 0 Å². The minimum Gasteiger partial charge on any atom is -0.493 e. The molecule has 1 amide bonds. The second-order valence-corrected chi connectivity index (χ2v) is 9.77. The zero-order valence-electron chi connectivity index (χ0n) is 16.7. The maximum Gasteiger partial charge on any atom is 0.250 e. The van der Waals surface area contributed by atoms with Gasteiger partial charge in [0.25, 0.3) is 5.91 Å². The average molecular weight is 495 g/mol. The van der Waals surface area contributed by atoms with E-state index < -0.39 is 0 Å². The Balaban J connectivity index is 1.45. The van der Waals surface area contributed by atoms with E-state index in [2.05, 4.69) is 20.7 Å². The van der Waals surface area contributed by atoms with Gasteiger partial charge in [-0.1, -0.05) is 64.7 Å². The van der Waals surface area contributed by atoms with Crippen LogP contribution in [0.4, 0.5) is 0 Å². The van der Waals surface area contributed by atoms with Gasteiger partial charge in [-0.3, -0.25) is 4.79 Å². The highest BCUT2D eigenvalue weighted by molar-refractivity contribution is 8.03. The van der Waals surface area contributed by atoms with E-state index in [0.717, 1.165) is 20.0 Å². The number of carbonyl (C=O) groups is 1. The number of hydrogen-bond donors (Lipinski definition) is 1. The van der Waals surface area contributed by atoms with Crippen molar-refractivity contribution in [2.75, 3.05) is 20.0 Å². The zero-order valence-corrected chi connectivity index (χ0v) is 19.9. The van der Waals surface area contributed by atoms with Crippen LogP contribution in [0.5, 0.6) is 11.5 Å². The molecule has 31 heavy (non-hydrogen) atoms. The number of amides is 1. The van der Waals surface area contributed by atoms with Crippen molar-refractivity contribution in [2.24, 2.45) is 5.10 Å². The van der Waals surface area contributed by atoms with Gasteiger partial charge in [0.2, 0.25) is 0 Å². The molecular weight excluding hydrogens is 476 g/mol. The third-order valence-corrected chi connectivity index (χ3v) is 7.33. The van der Waals surface area contributed by atoms with E-state index in [-0.39, 0.29) is 11.7 Å². The quantitative estimate of drug-likeness (QED) is 0.247. The summed E-state index contributed by atoms with van der Waals surface area (Å²) >= 11 is 10.3. The Morgan fingerprint density at radius 1 is 1.13 bits per heavy atom. The molecule has 0 unspecified atom stereocenters. The summed E-state index contributed by atoms with van der Waals surface area (Å²) in [5.41, 5.74) is 4.35. The first-order valence-corrected chi connectivity index (χ1v) is 12.1. The first-order valence-electron chi connectivity index (χ1n) is 8.95. The standard InChI is InChI=1S/C20H19ClN4O3S3/c1-27-16-5-3-4-14(18(16)28-2)10-22-23-17(26)12-30-20-25-24-19(31-20)29-11-13-6-8-15(21)9-7-13/h3-10H,11-12H2,1-2H3,(H,23,26). The van der Waals surface area contributed by atoms with Gasteiger partial charge in [-0.15, -0.1) is 10.2 Å². The summed E-state index contributed by atoms with van der Waals surface area (Å²) < 4.78 is 12.2. The largest absolute Gasteiger partial charge is 0.493 e. The summed E-state index contributed by atoms with van der Waals surface area (Å²) in [6, 6.07) is 13.1. The number of hydrogen-bond acceptors (Lipinski definition) is 9. The van der Waals surface area contributed by atoms with Crippen LogP contribution in [-0.4, -0.2) is 42.3 Å². The minimum absolute atomic E-state index is 0.184. The second-order valence-electron chi connectivity index (χ2n) is 5.91. The third kappa shape index (κ3) is 7.13. The van der Waals surface area contributed by atoms with Crippen LogP contribution in [0.2, 0.25) is 5.02 Å². The fraction of sp³-hybridized carbons (Fsp3) is 0.200. The Labute approximate surface area is 197 Å². The molecule has 1 heterocycles. The van der Waals surface area contributed by atoms with Crippen LogP contribution in [0.1, 0.15) is 11.1 Å². The number of nitrogens with zero attached hydrogens (tertiary/aromatic N) is 3. The number of thioether (sulfide) groups is 2. The Hall–Kier alpha value is -2.27. The molecule has 0 atom stereocenters. The summed E-state index contributed by atoms with van der Waals surface area (Å²) in [5, 5.41) is 13.0. The number of benzene rings is 2. The van der Waals surface area contributed by atoms with Gasteiger partial charge in [-0.05, 0) is 29.8 Å². The molecule has 0 aliphatic carbocycles. The number of carbonyl (C=O) groups excluding carboxylic acids is 1. The predicted octanol–water partition coefficient (Wildman–Crippen LogP) is 4.74. The van der Waals surface area contributed by atoms with Gasteiger partial charge in [0.15, 0.2) is 20.2 Å². The Bertz CT molecular complexity index is 1040. The highest BCUT2D eigenvalue weighted by Gasteiger charge is 2.10. The number of ether oxygens (including phenoxy) is 2. The third-order valence-electron chi connectivity index (χ3n) is 3.82. The SMILES string of the molecule is COc1cccc(C=NNC(=O)CSc2nnc(SCc3ccc(Cl)cc3)s2)c1OC. The fourth-order valence-electron chi connectivity index (χ4n) is 2.39. The molecule has 0 saturated carbocycles. The molecule has 162 valence electrons.